The number of esters is 1. The van der Waals surface area contributed by atoms with Gasteiger partial charge in [-0.3, -0.25) is 4.79 Å². The van der Waals surface area contributed by atoms with Gasteiger partial charge in [0.2, 0.25) is 0 Å². The molecule has 0 spiro atoms. The van der Waals surface area contributed by atoms with E-state index in [0.29, 0.717) is 27.9 Å². The fraction of sp³-hybridized carbons (Fsp3) is 0.429. The molecule has 1 aliphatic carbocycles. The van der Waals surface area contributed by atoms with E-state index in [2.05, 4.69) is 5.32 Å². The lowest BCUT2D eigenvalue weighted by Crippen LogP contribution is -2.30. The Hall–Kier alpha value is -2.05. The largest absolute Gasteiger partial charge is 0.481 e. The predicted molar refractivity (Wildman–Crippen MR) is 112 cm³/mol. The zero-order valence-electron chi connectivity index (χ0n) is 16.3. The zero-order valence-corrected chi connectivity index (χ0v) is 17.8. The molecule has 1 atom stereocenters. The number of hydrogen-bond donors (Lipinski definition) is 1. The van der Waals surface area contributed by atoms with E-state index in [0.717, 1.165) is 41.7 Å². The smallest absolute Gasteiger partial charge is 0.341 e. The average molecular weight is 422 g/mol. The van der Waals surface area contributed by atoms with Crippen molar-refractivity contribution in [1.82, 2.24) is 0 Å². The molecule has 5 nitrogen and oxygen atoms in total. The van der Waals surface area contributed by atoms with Crippen molar-refractivity contribution < 1.29 is 19.1 Å². The van der Waals surface area contributed by atoms with E-state index in [1.54, 1.807) is 32.0 Å². The minimum atomic E-state index is -0.728. The zero-order chi connectivity index (χ0) is 20.3. The number of hydrogen-bond acceptors (Lipinski definition) is 5. The molecule has 0 fully saturated rings. The number of carbonyl (C=O) groups excluding carboxylic acids is 2. The Bertz CT molecular complexity index is 893. The minimum Gasteiger partial charge on any atom is -0.481 e. The van der Waals surface area contributed by atoms with Crippen molar-refractivity contribution in [3.05, 3.63) is 44.8 Å². The van der Waals surface area contributed by atoms with E-state index >= 15 is 0 Å². The molecule has 1 unspecified atom stereocenters. The molecule has 150 valence electrons. The maximum absolute atomic E-state index is 12.7. The fourth-order valence-electron chi connectivity index (χ4n) is 3.28. The molecule has 1 aromatic carbocycles. The molecule has 2 aromatic rings. The Labute approximate surface area is 174 Å². The number of rotatable bonds is 6. The van der Waals surface area contributed by atoms with Gasteiger partial charge in [-0.1, -0.05) is 11.6 Å². The first-order valence-corrected chi connectivity index (χ1v) is 10.7. The van der Waals surface area contributed by atoms with Gasteiger partial charge in [0.05, 0.1) is 12.2 Å². The first-order chi connectivity index (χ1) is 13.4. The van der Waals surface area contributed by atoms with E-state index in [-0.39, 0.29) is 11.9 Å². The van der Waals surface area contributed by atoms with Crippen molar-refractivity contribution in [3.8, 4) is 5.75 Å². The Morgan fingerprint density at radius 2 is 2.04 bits per heavy atom. The standard InChI is InChI=1S/C21H24ClNO4S/c1-4-26-21(25)18-15-7-5-6-8-17(15)28-20(18)23-19(24)13(3)27-16-10-9-14(22)11-12(16)2/h9-11,13H,4-8H2,1-3H3,(H,23,24). The molecule has 0 saturated carbocycles. The van der Waals surface area contributed by atoms with Crippen molar-refractivity contribution in [3.63, 3.8) is 0 Å². The Kier molecular flexibility index (Phi) is 6.62. The van der Waals surface area contributed by atoms with Crippen LogP contribution in [0.4, 0.5) is 5.00 Å². The number of halogens is 1. The van der Waals surface area contributed by atoms with Crippen LogP contribution in [0.2, 0.25) is 5.02 Å². The van der Waals surface area contributed by atoms with Crippen LogP contribution in [0.15, 0.2) is 18.2 Å². The van der Waals surface area contributed by atoms with Crippen molar-refractivity contribution >= 4 is 39.8 Å². The van der Waals surface area contributed by atoms with Gasteiger partial charge in [0, 0.05) is 9.90 Å². The average Bonchev–Trinajstić information content (AvgIpc) is 3.02. The number of amides is 1. The highest BCUT2D eigenvalue weighted by atomic mass is 35.5. The highest BCUT2D eigenvalue weighted by molar-refractivity contribution is 7.17. The topological polar surface area (TPSA) is 64.6 Å². The molecular weight excluding hydrogens is 398 g/mol. The second kappa shape index (κ2) is 8.97. The van der Waals surface area contributed by atoms with Crippen LogP contribution in [-0.2, 0) is 22.4 Å². The second-order valence-electron chi connectivity index (χ2n) is 6.79. The molecule has 1 aliphatic rings. The lowest BCUT2D eigenvalue weighted by Gasteiger charge is -2.16. The highest BCUT2D eigenvalue weighted by Crippen LogP contribution is 2.38. The Morgan fingerprint density at radius 3 is 2.75 bits per heavy atom. The number of anilines is 1. The number of thiophene rings is 1. The molecule has 0 radical (unpaired) electrons. The number of fused-ring (bicyclic) bond motifs is 1. The molecule has 0 bridgehead atoms. The molecule has 1 aromatic heterocycles. The monoisotopic (exact) mass is 421 g/mol. The number of nitrogens with one attached hydrogen (secondary N) is 1. The third kappa shape index (κ3) is 4.50. The number of carbonyl (C=O) groups is 2. The van der Waals surface area contributed by atoms with Crippen LogP contribution in [0.3, 0.4) is 0 Å². The first kappa shape index (κ1) is 20.7. The third-order valence-corrected chi connectivity index (χ3v) is 6.14. The summed E-state index contributed by atoms with van der Waals surface area (Å²) in [6, 6.07) is 5.25. The lowest BCUT2D eigenvalue weighted by atomic mass is 9.95. The van der Waals surface area contributed by atoms with E-state index in [1.165, 1.54) is 11.3 Å². The second-order valence-corrected chi connectivity index (χ2v) is 8.34. The van der Waals surface area contributed by atoms with Crippen LogP contribution in [-0.4, -0.2) is 24.6 Å². The predicted octanol–water partition coefficient (Wildman–Crippen LogP) is 5.17. The molecule has 28 heavy (non-hydrogen) atoms. The van der Waals surface area contributed by atoms with Crippen LogP contribution < -0.4 is 10.1 Å². The number of aryl methyl sites for hydroxylation is 2. The summed E-state index contributed by atoms with van der Waals surface area (Å²) in [5.74, 6) is -0.0825. The summed E-state index contributed by atoms with van der Waals surface area (Å²) in [5.41, 5.74) is 2.38. The maximum atomic E-state index is 12.7. The maximum Gasteiger partial charge on any atom is 0.341 e. The first-order valence-electron chi connectivity index (χ1n) is 9.46. The number of benzene rings is 1. The molecule has 1 amide bonds. The van der Waals surface area contributed by atoms with Gasteiger partial charge < -0.3 is 14.8 Å². The van der Waals surface area contributed by atoms with Crippen molar-refractivity contribution in [1.29, 1.82) is 0 Å². The SMILES string of the molecule is CCOC(=O)c1c(NC(=O)C(C)Oc2ccc(Cl)cc2C)sc2c1CCCC2. The van der Waals surface area contributed by atoms with Gasteiger partial charge in [-0.2, -0.15) is 0 Å². The lowest BCUT2D eigenvalue weighted by molar-refractivity contribution is -0.122. The third-order valence-electron chi connectivity index (χ3n) is 4.70. The number of ether oxygens (including phenoxy) is 2. The summed E-state index contributed by atoms with van der Waals surface area (Å²) in [7, 11) is 0. The van der Waals surface area contributed by atoms with Crippen molar-refractivity contribution in [2.75, 3.05) is 11.9 Å². The van der Waals surface area contributed by atoms with Crippen LogP contribution in [0.5, 0.6) is 5.75 Å². The quantitative estimate of drug-likeness (QED) is 0.653. The van der Waals surface area contributed by atoms with Gasteiger partial charge in [0.25, 0.3) is 5.91 Å². The van der Waals surface area contributed by atoms with Crippen molar-refractivity contribution in [2.45, 2.75) is 52.6 Å². The van der Waals surface area contributed by atoms with Crippen molar-refractivity contribution in [2.24, 2.45) is 0 Å². The van der Waals surface area contributed by atoms with Gasteiger partial charge in [0.15, 0.2) is 6.10 Å². The van der Waals surface area contributed by atoms with Gasteiger partial charge in [0.1, 0.15) is 10.8 Å². The van der Waals surface area contributed by atoms with E-state index in [4.69, 9.17) is 21.1 Å². The molecule has 7 heteroatoms. The highest BCUT2D eigenvalue weighted by Gasteiger charge is 2.28. The molecule has 1 heterocycles. The molecular formula is C21H24ClNO4S. The summed E-state index contributed by atoms with van der Waals surface area (Å²) in [4.78, 5) is 26.4. The summed E-state index contributed by atoms with van der Waals surface area (Å²) < 4.78 is 11.0. The molecule has 3 rings (SSSR count). The molecule has 0 saturated heterocycles. The van der Waals surface area contributed by atoms with Gasteiger partial charge in [-0.05, 0) is 75.8 Å². The normalized spacial score (nSPS) is 14.1. The van der Waals surface area contributed by atoms with Crippen LogP contribution in [0.25, 0.3) is 0 Å². The fourth-order valence-corrected chi connectivity index (χ4v) is 4.78. The van der Waals surface area contributed by atoms with E-state index < -0.39 is 6.10 Å². The minimum absolute atomic E-state index is 0.298. The van der Waals surface area contributed by atoms with Crippen LogP contribution in [0.1, 0.15) is 53.1 Å². The van der Waals surface area contributed by atoms with Gasteiger partial charge in [-0.25, -0.2) is 4.79 Å². The van der Waals surface area contributed by atoms with Gasteiger partial charge in [-0.15, -0.1) is 11.3 Å². The van der Waals surface area contributed by atoms with Gasteiger partial charge >= 0.3 is 5.97 Å². The Balaban J connectivity index is 1.79. The summed E-state index contributed by atoms with van der Waals surface area (Å²) in [6.07, 6.45) is 3.18. The molecule has 0 aliphatic heterocycles. The van der Waals surface area contributed by atoms with Crippen LogP contribution in [0, 0.1) is 6.92 Å². The van der Waals surface area contributed by atoms with Crippen LogP contribution >= 0.6 is 22.9 Å². The summed E-state index contributed by atoms with van der Waals surface area (Å²) in [6.45, 7) is 5.63. The summed E-state index contributed by atoms with van der Waals surface area (Å²) >= 11 is 7.44. The van der Waals surface area contributed by atoms with E-state index in [9.17, 15) is 9.59 Å². The summed E-state index contributed by atoms with van der Waals surface area (Å²) in [5, 5.41) is 4.06. The molecule has 1 N–H and O–H groups in total. The Morgan fingerprint density at radius 1 is 1.29 bits per heavy atom. The van der Waals surface area contributed by atoms with E-state index in [1.807, 2.05) is 6.92 Å².